The minimum atomic E-state index is -0.425. The average Bonchev–Trinajstić information content (AvgIpc) is 3.59. The first-order valence-electron chi connectivity index (χ1n) is 20.2. The molecule has 0 aliphatic heterocycles. The van der Waals surface area contributed by atoms with Crippen molar-refractivity contribution in [1.29, 1.82) is 0 Å². The van der Waals surface area contributed by atoms with E-state index in [2.05, 4.69) is 196 Å². The van der Waals surface area contributed by atoms with E-state index in [1.165, 1.54) is 55.6 Å². The van der Waals surface area contributed by atoms with Crippen LogP contribution in [0.5, 0.6) is 0 Å². The lowest BCUT2D eigenvalue weighted by atomic mass is 9.55. The van der Waals surface area contributed by atoms with E-state index in [-0.39, 0.29) is 5.41 Å². The van der Waals surface area contributed by atoms with E-state index in [9.17, 15) is 0 Å². The van der Waals surface area contributed by atoms with Crippen LogP contribution in [0.25, 0.3) is 67.3 Å². The normalized spacial score (nSPS) is 14.0. The van der Waals surface area contributed by atoms with E-state index < -0.39 is 5.41 Å². The van der Waals surface area contributed by atoms with Gasteiger partial charge in [0, 0.05) is 22.1 Å². The molecule has 2 heteroatoms. The Bertz CT molecular complexity index is 2920. The summed E-state index contributed by atoms with van der Waals surface area (Å²) in [6.45, 7) is 4.76. The molecule has 0 saturated heterocycles. The first-order valence-corrected chi connectivity index (χ1v) is 20.2. The molecule has 0 unspecified atom stereocenters. The van der Waals surface area contributed by atoms with Crippen LogP contribution in [-0.4, -0.2) is 9.97 Å². The number of aromatic nitrogens is 2. The zero-order valence-corrected chi connectivity index (χ0v) is 32.5. The quantitative estimate of drug-likeness (QED) is 0.176. The molecule has 1 heterocycles. The highest BCUT2D eigenvalue weighted by Gasteiger charge is 2.53. The van der Waals surface area contributed by atoms with Crippen LogP contribution >= 0.6 is 0 Å². The van der Waals surface area contributed by atoms with Crippen molar-refractivity contribution in [1.82, 2.24) is 9.97 Å². The molecule has 0 fully saturated rings. The summed E-state index contributed by atoms with van der Waals surface area (Å²) in [5, 5.41) is 0. The van der Waals surface area contributed by atoms with Crippen molar-refractivity contribution in [3.05, 3.63) is 240 Å². The van der Waals surface area contributed by atoms with Gasteiger partial charge in [0.1, 0.15) is 0 Å². The first kappa shape index (κ1) is 34.1. The monoisotopic (exact) mass is 740 g/mol. The summed E-state index contributed by atoms with van der Waals surface area (Å²) >= 11 is 0. The summed E-state index contributed by atoms with van der Waals surface area (Å²) in [5.74, 6) is 0.715. The highest BCUT2D eigenvalue weighted by Crippen LogP contribution is 2.62. The summed E-state index contributed by atoms with van der Waals surface area (Å²) < 4.78 is 0. The van der Waals surface area contributed by atoms with Gasteiger partial charge in [0.05, 0.1) is 16.8 Å². The lowest BCUT2D eigenvalue weighted by Crippen LogP contribution is -2.40. The minimum Gasteiger partial charge on any atom is -0.228 e. The molecule has 2 aliphatic rings. The van der Waals surface area contributed by atoms with Crippen molar-refractivity contribution in [3.63, 3.8) is 0 Å². The molecule has 2 nitrogen and oxygen atoms in total. The largest absolute Gasteiger partial charge is 0.228 e. The SMILES string of the molecule is CC1(C)c2ccccc2C2(c3ccccc3-c3ccc(-c4cccc(-c5cccc(-c6cc(-c7ccccc7)nc(-c7ccccc7)n6)c5)c4)cc32)c2ccccc21. The van der Waals surface area contributed by atoms with Crippen molar-refractivity contribution >= 4 is 0 Å². The molecule has 0 amide bonds. The Morgan fingerprint density at radius 1 is 0.293 bits per heavy atom. The van der Waals surface area contributed by atoms with Gasteiger partial charge in [0.2, 0.25) is 0 Å². The van der Waals surface area contributed by atoms with Crippen LogP contribution < -0.4 is 0 Å². The molecule has 58 heavy (non-hydrogen) atoms. The predicted octanol–water partition coefficient (Wildman–Crippen LogP) is 13.8. The predicted molar refractivity (Wildman–Crippen MR) is 239 cm³/mol. The van der Waals surface area contributed by atoms with Gasteiger partial charge in [-0.15, -0.1) is 0 Å². The summed E-state index contributed by atoms with van der Waals surface area (Å²) in [7, 11) is 0. The first-order chi connectivity index (χ1) is 28.5. The van der Waals surface area contributed by atoms with Gasteiger partial charge in [0.25, 0.3) is 0 Å². The summed E-state index contributed by atoms with van der Waals surface area (Å²) in [5.41, 5.74) is 19.9. The zero-order valence-electron chi connectivity index (χ0n) is 32.5. The molecule has 1 spiro atoms. The van der Waals surface area contributed by atoms with E-state index in [1.807, 2.05) is 24.3 Å². The molecule has 0 saturated carbocycles. The standard InChI is InChI=1S/C56H40N2/c1-55(2)47-27-11-13-29-49(47)56(50-30-14-12-28-48(50)55)46-26-10-9-25-44(46)45-32-31-42(35-51(45)56)40-22-15-21-39(33-40)41-23-16-24-43(34-41)53-36-52(37-17-5-3-6-18-37)57-54(58-53)38-19-7-4-8-20-38/h3-36H,1-2H3. The van der Waals surface area contributed by atoms with Crippen LogP contribution in [-0.2, 0) is 10.8 Å². The van der Waals surface area contributed by atoms with Crippen LogP contribution in [0.3, 0.4) is 0 Å². The maximum absolute atomic E-state index is 5.12. The molecule has 0 radical (unpaired) electrons. The lowest BCUT2D eigenvalue weighted by molar-refractivity contribution is 0.563. The second-order valence-electron chi connectivity index (χ2n) is 16.1. The van der Waals surface area contributed by atoms with Crippen LogP contribution in [0.2, 0.25) is 0 Å². The van der Waals surface area contributed by atoms with Crippen LogP contribution in [0, 0.1) is 0 Å². The number of nitrogens with zero attached hydrogens (tertiary/aromatic N) is 2. The van der Waals surface area contributed by atoms with Crippen molar-refractivity contribution in [2.45, 2.75) is 24.7 Å². The highest BCUT2D eigenvalue weighted by atomic mass is 14.9. The molecular formula is C56H40N2. The van der Waals surface area contributed by atoms with Crippen molar-refractivity contribution < 1.29 is 0 Å². The molecule has 274 valence electrons. The van der Waals surface area contributed by atoms with Gasteiger partial charge in [-0.1, -0.05) is 196 Å². The maximum atomic E-state index is 5.12. The fraction of sp³-hybridized carbons (Fsp3) is 0.0714. The van der Waals surface area contributed by atoms with Gasteiger partial charge in [-0.2, -0.15) is 0 Å². The van der Waals surface area contributed by atoms with Gasteiger partial charge in [-0.3, -0.25) is 0 Å². The molecule has 1 aromatic heterocycles. The third-order valence-corrected chi connectivity index (χ3v) is 12.6. The van der Waals surface area contributed by atoms with E-state index >= 15 is 0 Å². The van der Waals surface area contributed by atoms with Gasteiger partial charge in [0.15, 0.2) is 5.82 Å². The highest BCUT2D eigenvalue weighted by molar-refractivity contribution is 5.90. The Morgan fingerprint density at radius 2 is 0.724 bits per heavy atom. The number of hydrogen-bond donors (Lipinski definition) is 0. The number of benzene rings is 8. The third kappa shape index (κ3) is 5.18. The van der Waals surface area contributed by atoms with Gasteiger partial charge >= 0.3 is 0 Å². The lowest BCUT2D eigenvalue weighted by Gasteiger charge is -2.46. The summed E-state index contributed by atoms with van der Waals surface area (Å²) in [6.07, 6.45) is 0. The molecule has 2 aliphatic carbocycles. The third-order valence-electron chi connectivity index (χ3n) is 12.6. The van der Waals surface area contributed by atoms with Gasteiger partial charge in [-0.25, -0.2) is 9.97 Å². The Labute approximate surface area is 340 Å². The maximum Gasteiger partial charge on any atom is 0.160 e. The second-order valence-corrected chi connectivity index (χ2v) is 16.1. The topological polar surface area (TPSA) is 25.8 Å². The average molecular weight is 741 g/mol. The molecule has 0 N–H and O–H groups in total. The Balaban J connectivity index is 1.04. The van der Waals surface area contributed by atoms with E-state index in [0.717, 1.165) is 39.2 Å². The van der Waals surface area contributed by atoms with E-state index in [1.54, 1.807) is 0 Å². The Hall–Kier alpha value is -7.16. The van der Waals surface area contributed by atoms with Crippen molar-refractivity contribution in [2.75, 3.05) is 0 Å². The van der Waals surface area contributed by atoms with Crippen molar-refractivity contribution in [2.24, 2.45) is 0 Å². The smallest absolute Gasteiger partial charge is 0.160 e. The number of fused-ring (bicyclic) bond motifs is 9. The van der Waals surface area contributed by atoms with Crippen LogP contribution in [0.15, 0.2) is 206 Å². The van der Waals surface area contributed by atoms with Gasteiger partial charge in [-0.05, 0) is 91.0 Å². The fourth-order valence-electron chi connectivity index (χ4n) is 9.84. The number of hydrogen-bond acceptors (Lipinski definition) is 2. The summed E-state index contributed by atoms with van der Waals surface area (Å²) in [4.78, 5) is 10.1. The fourth-order valence-corrected chi connectivity index (χ4v) is 9.84. The van der Waals surface area contributed by atoms with E-state index in [0.29, 0.717) is 5.82 Å². The Kier molecular flexibility index (Phi) is 7.78. The zero-order chi connectivity index (χ0) is 38.8. The minimum absolute atomic E-state index is 0.130. The van der Waals surface area contributed by atoms with Crippen LogP contribution in [0.1, 0.15) is 47.2 Å². The van der Waals surface area contributed by atoms with Crippen molar-refractivity contribution in [3.8, 4) is 67.3 Å². The van der Waals surface area contributed by atoms with Crippen LogP contribution in [0.4, 0.5) is 0 Å². The number of rotatable bonds is 5. The summed E-state index contributed by atoms with van der Waals surface area (Å²) in [6, 6.07) is 75.0. The van der Waals surface area contributed by atoms with E-state index in [4.69, 9.17) is 9.97 Å². The van der Waals surface area contributed by atoms with Gasteiger partial charge < -0.3 is 0 Å². The molecule has 11 rings (SSSR count). The molecule has 0 atom stereocenters. The molecule has 8 aromatic carbocycles. The molecule has 9 aromatic rings. The molecule has 0 bridgehead atoms. The second kappa shape index (κ2) is 13.2. The molecular weight excluding hydrogens is 701 g/mol. The Morgan fingerprint density at radius 3 is 1.34 bits per heavy atom.